The number of thioether (sulfide) groups is 1. The summed E-state index contributed by atoms with van der Waals surface area (Å²) < 4.78 is 5.06. The van der Waals surface area contributed by atoms with E-state index in [1.807, 2.05) is 25.1 Å². The number of esters is 1. The summed E-state index contributed by atoms with van der Waals surface area (Å²) in [7, 11) is 0. The van der Waals surface area contributed by atoms with Crippen molar-refractivity contribution in [3.05, 3.63) is 24.4 Å². The minimum atomic E-state index is -0.117. The van der Waals surface area contributed by atoms with Gasteiger partial charge >= 0.3 is 5.97 Å². The molecule has 0 amide bonds. The Bertz CT molecular complexity index is 328. The molecule has 2 heterocycles. The molecule has 1 aliphatic heterocycles. The average molecular weight is 209 g/mol. The van der Waals surface area contributed by atoms with Gasteiger partial charge in [0.05, 0.1) is 5.03 Å². The van der Waals surface area contributed by atoms with E-state index >= 15 is 0 Å². The Hall–Kier alpha value is -1.03. The Balaban J connectivity index is 2.02. The van der Waals surface area contributed by atoms with Crippen molar-refractivity contribution in [2.45, 2.75) is 29.7 Å². The van der Waals surface area contributed by atoms with E-state index < -0.39 is 0 Å². The van der Waals surface area contributed by atoms with Crippen molar-refractivity contribution in [1.82, 2.24) is 4.98 Å². The lowest BCUT2D eigenvalue weighted by atomic mass is 10.3. The van der Waals surface area contributed by atoms with Crippen LogP contribution in [0.15, 0.2) is 29.4 Å². The molecular formula is C10H11NO2S. The molecule has 0 spiro atoms. The van der Waals surface area contributed by atoms with Gasteiger partial charge in [-0.25, -0.2) is 4.98 Å². The molecule has 2 atom stereocenters. The molecule has 0 N–H and O–H groups in total. The summed E-state index contributed by atoms with van der Waals surface area (Å²) in [5, 5.41) is 0.795. The van der Waals surface area contributed by atoms with Crippen LogP contribution in [0.2, 0.25) is 0 Å². The van der Waals surface area contributed by atoms with E-state index in [-0.39, 0.29) is 17.3 Å². The van der Waals surface area contributed by atoms with Crippen molar-refractivity contribution < 1.29 is 9.53 Å². The normalized spacial score (nSPS) is 26.2. The fourth-order valence-corrected chi connectivity index (χ4v) is 2.47. The van der Waals surface area contributed by atoms with Crippen LogP contribution in [-0.2, 0) is 9.53 Å². The number of hydrogen-bond acceptors (Lipinski definition) is 4. The first kappa shape index (κ1) is 9.52. The molecule has 0 aliphatic carbocycles. The predicted molar refractivity (Wildman–Crippen MR) is 54.1 cm³/mol. The monoisotopic (exact) mass is 209 g/mol. The molecule has 14 heavy (non-hydrogen) atoms. The third kappa shape index (κ3) is 2.07. The molecule has 1 aromatic rings. The minimum Gasteiger partial charge on any atom is -0.462 e. The molecule has 0 saturated carbocycles. The van der Waals surface area contributed by atoms with Crippen LogP contribution < -0.4 is 0 Å². The van der Waals surface area contributed by atoms with Crippen molar-refractivity contribution in [1.29, 1.82) is 0 Å². The molecular weight excluding hydrogens is 198 g/mol. The molecule has 2 unspecified atom stereocenters. The molecule has 0 aromatic carbocycles. The van der Waals surface area contributed by atoms with E-state index in [0.29, 0.717) is 0 Å². The summed E-state index contributed by atoms with van der Waals surface area (Å²) in [4.78, 5) is 15.5. The Morgan fingerprint density at radius 3 is 3.00 bits per heavy atom. The van der Waals surface area contributed by atoms with Gasteiger partial charge in [-0.3, -0.25) is 4.79 Å². The van der Waals surface area contributed by atoms with Crippen LogP contribution in [0.25, 0.3) is 0 Å². The van der Waals surface area contributed by atoms with E-state index in [4.69, 9.17) is 4.74 Å². The number of nitrogens with zero attached hydrogens (tertiary/aromatic N) is 1. The zero-order valence-corrected chi connectivity index (χ0v) is 8.66. The van der Waals surface area contributed by atoms with Crippen molar-refractivity contribution in [3.63, 3.8) is 0 Å². The number of hydrogen-bond donors (Lipinski definition) is 0. The highest BCUT2D eigenvalue weighted by Gasteiger charge is 2.32. The Morgan fingerprint density at radius 2 is 2.43 bits per heavy atom. The Morgan fingerprint density at radius 1 is 1.57 bits per heavy atom. The molecule has 74 valence electrons. The molecule has 1 saturated heterocycles. The topological polar surface area (TPSA) is 39.2 Å². The van der Waals surface area contributed by atoms with E-state index in [9.17, 15) is 4.79 Å². The van der Waals surface area contributed by atoms with Gasteiger partial charge in [0.25, 0.3) is 0 Å². The van der Waals surface area contributed by atoms with Crippen molar-refractivity contribution in [2.24, 2.45) is 0 Å². The second-order valence-electron chi connectivity index (χ2n) is 3.26. The first-order valence-corrected chi connectivity index (χ1v) is 5.42. The van der Waals surface area contributed by atoms with Gasteiger partial charge in [0, 0.05) is 12.6 Å². The second-order valence-corrected chi connectivity index (χ2v) is 4.48. The van der Waals surface area contributed by atoms with Crippen molar-refractivity contribution >= 4 is 17.7 Å². The van der Waals surface area contributed by atoms with E-state index in [1.165, 1.54) is 11.8 Å². The number of aromatic nitrogens is 1. The number of ether oxygens (including phenoxy) is 1. The third-order valence-electron chi connectivity index (χ3n) is 2.03. The zero-order valence-electron chi connectivity index (χ0n) is 7.84. The molecule has 4 heteroatoms. The molecule has 3 nitrogen and oxygen atoms in total. The van der Waals surface area contributed by atoms with Crippen LogP contribution in [0.3, 0.4) is 0 Å². The number of pyridine rings is 1. The number of carbonyl (C=O) groups is 1. The average Bonchev–Trinajstić information content (AvgIpc) is 2.47. The Kier molecular flexibility index (Phi) is 2.72. The standard InChI is InChI=1S/C10H11NO2S/c1-7-6-8(10(12)13-7)14-9-4-2-3-5-11-9/h2-5,7-8H,6H2,1H3. The fourth-order valence-electron chi connectivity index (χ4n) is 1.38. The van der Waals surface area contributed by atoms with Gasteiger partial charge in [-0.05, 0) is 19.1 Å². The van der Waals surface area contributed by atoms with E-state index in [0.717, 1.165) is 11.4 Å². The van der Waals surface area contributed by atoms with Crippen LogP contribution in [0.4, 0.5) is 0 Å². The second kappa shape index (κ2) is 4.00. The summed E-state index contributed by atoms with van der Waals surface area (Å²) in [6, 6.07) is 5.68. The van der Waals surface area contributed by atoms with Gasteiger partial charge in [-0.1, -0.05) is 17.8 Å². The van der Waals surface area contributed by atoms with Gasteiger partial charge < -0.3 is 4.74 Å². The molecule has 0 radical (unpaired) electrons. The molecule has 1 fully saturated rings. The number of carbonyl (C=O) groups excluding carboxylic acids is 1. The van der Waals surface area contributed by atoms with Gasteiger partial charge in [0.1, 0.15) is 11.4 Å². The largest absolute Gasteiger partial charge is 0.462 e. The molecule has 0 bridgehead atoms. The highest BCUT2D eigenvalue weighted by molar-refractivity contribution is 8.00. The van der Waals surface area contributed by atoms with Gasteiger partial charge in [0.15, 0.2) is 0 Å². The summed E-state index contributed by atoms with van der Waals surface area (Å²) in [6.07, 6.45) is 2.55. The minimum absolute atomic E-state index is 0.0451. The van der Waals surface area contributed by atoms with Gasteiger partial charge in [-0.2, -0.15) is 0 Å². The number of rotatable bonds is 2. The van der Waals surface area contributed by atoms with Gasteiger partial charge in [-0.15, -0.1) is 0 Å². The lowest BCUT2D eigenvalue weighted by Crippen LogP contribution is -2.09. The quantitative estimate of drug-likeness (QED) is 0.697. The molecule has 2 rings (SSSR count). The maximum Gasteiger partial charge on any atom is 0.319 e. The maximum atomic E-state index is 11.3. The van der Waals surface area contributed by atoms with Crippen LogP contribution in [0.1, 0.15) is 13.3 Å². The van der Waals surface area contributed by atoms with Crippen LogP contribution in [0, 0.1) is 0 Å². The lowest BCUT2D eigenvalue weighted by molar-refractivity contribution is -0.140. The smallest absolute Gasteiger partial charge is 0.319 e. The lowest BCUT2D eigenvalue weighted by Gasteiger charge is -2.02. The SMILES string of the molecule is CC1CC(Sc2ccccn2)C(=O)O1. The molecule has 1 aromatic heterocycles. The summed E-state index contributed by atoms with van der Waals surface area (Å²) in [5.74, 6) is -0.117. The van der Waals surface area contributed by atoms with E-state index in [2.05, 4.69) is 4.98 Å². The Labute approximate surface area is 86.9 Å². The fraction of sp³-hybridized carbons (Fsp3) is 0.400. The van der Waals surface area contributed by atoms with Crippen LogP contribution in [0.5, 0.6) is 0 Å². The van der Waals surface area contributed by atoms with Crippen molar-refractivity contribution in [2.75, 3.05) is 0 Å². The molecule has 1 aliphatic rings. The summed E-state index contributed by atoms with van der Waals surface area (Å²) >= 11 is 1.48. The first-order valence-electron chi connectivity index (χ1n) is 4.54. The van der Waals surface area contributed by atoms with Crippen molar-refractivity contribution in [3.8, 4) is 0 Å². The van der Waals surface area contributed by atoms with Crippen LogP contribution >= 0.6 is 11.8 Å². The van der Waals surface area contributed by atoms with Crippen LogP contribution in [-0.4, -0.2) is 22.3 Å². The predicted octanol–water partition coefficient (Wildman–Crippen LogP) is 1.88. The number of cyclic esters (lactones) is 1. The highest BCUT2D eigenvalue weighted by atomic mass is 32.2. The highest BCUT2D eigenvalue weighted by Crippen LogP contribution is 2.30. The third-order valence-corrected chi connectivity index (χ3v) is 3.18. The van der Waals surface area contributed by atoms with E-state index in [1.54, 1.807) is 6.20 Å². The summed E-state index contributed by atoms with van der Waals surface area (Å²) in [5.41, 5.74) is 0. The van der Waals surface area contributed by atoms with Gasteiger partial charge in [0.2, 0.25) is 0 Å². The first-order chi connectivity index (χ1) is 6.75. The summed E-state index contributed by atoms with van der Waals surface area (Å²) in [6.45, 7) is 1.91. The maximum absolute atomic E-state index is 11.3. The zero-order chi connectivity index (χ0) is 9.97.